The van der Waals surface area contributed by atoms with E-state index in [4.69, 9.17) is 0 Å². The highest BCUT2D eigenvalue weighted by molar-refractivity contribution is 6.01. The molecule has 3 unspecified atom stereocenters. The van der Waals surface area contributed by atoms with Crippen LogP contribution in [0.4, 0.5) is 5.69 Å². The number of carbonyl (C=O) groups is 2. The summed E-state index contributed by atoms with van der Waals surface area (Å²) in [5.74, 6) is -0.449. The number of carbonyl (C=O) groups excluding carboxylic acids is 2. The Bertz CT molecular complexity index is 610. The highest BCUT2D eigenvalue weighted by Crippen LogP contribution is 2.33. The molecule has 3 aliphatic rings. The summed E-state index contributed by atoms with van der Waals surface area (Å²) in [5.41, 5.74) is 1.70. The van der Waals surface area contributed by atoms with E-state index in [9.17, 15) is 9.59 Å². The molecule has 6 heteroatoms. The minimum atomic E-state index is -0.363. The number of nitrogens with one attached hydrogen (secondary N) is 3. The van der Waals surface area contributed by atoms with Gasteiger partial charge in [-0.25, -0.2) is 0 Å². The Labute approximate surface area is 142 Å². The molecule has 0 radical (unpaired) electrons. The summed E-state index contributed by atoms with van der Waals surface area (Å²) in [6.07, 6.45) is 4.67. The first-order valence-electron chi connectivity index (χ1n) is 8.14. The van der Waals surface area contributed by atoms with Gasteiger partial charge in [0.25, 0.3) is 0 Å². The van der Waals surface area contributed by atoms with Gasteiger partial charge >= 0.3 is 0 Å². The Morgan fingerprint density at radius 3 is 2.57 bits per heavy atom. The zero-order chi connectivity index (χ0) is 15.1. The van der Waals surface area contributed by atoms with Crippen LogP contribution >= 0.6 is 12.4 Å². The summed E-state index contributed by atoms with van der Waals surface area (Å²) in [5, 5.41) is 9.62. The minimum absolute atomic E-state index is 0. The lowest BCUT2D eigenvalue weighted by Gasteiger charge is -2.32. The molecule has 5 nitrogen and oxygen atoms in total. The lowest BCUT2D eigenvalue weighted by Crippen LogP contribution is -2.49. The zero-order valence-electron chi connectivity index (χ0n) is 12.9. The third kappa shape index (κ3) is 3.21. The lowest BCUT2D eigenvalue weighted by molar-refractivity contribution is -0.127. The number of hydrogen-bond donors (Lipinski definition) is 3. The molecule has 3 N–H and O–H groups in total. The predicted molar refractivity (Wildman–Crippen MR) is 90.8 cm³/mol. The predicted octanol–water partition coefficient (Wildman–Crippen LogP) is 1.93. The summed E-state index contributed by atoms with van der Waals surface area (Å²) in [7, 11) is 0. The molecular formula is C17H22ClN3O2. The average molecular weight is 336 g/mol. The Balaban J connectivity index is 0.00000156. The van der Waals surface area contributed by atoms with Gasteiger partial charge in [-0.1, -0.05) is 18.2 Å². The van der Waals surface area contributed by atoms with Gasteiger partial charge in [-0.15, -0.1) is 12.4 Å². The Hall–Kier alpha value is -1.59. The molecule has 0 spiro atoms. The first-order valence-corrected chi connectivity index (χ1v) is 8.14. The van der Waals surface area contributed by atoms with Gasteiger partial charge in [0.1, 0.15) is 0 Å². The molecule has 1 aromatic carbocycles. The number of piperidine rings is 1. The van der Waals surface area contributed by atoms with E-state index in [-0.39, 0.29) is 42.6 Å². The molecule has 0 aromatic heterocycles. The number of benzene rings is 1. The molecule has 0 saturated carbocycles. The third-order valence-electron chi connectivity index (χ3n) is 5.14. The van der Waals surface area contributed by atoms with Crippen LogP contribution in [-0.4, -0.2) is 29.9 Å². The molecule has 2 saturated heterocycles. The standard InChI is InChI=1S/C17H21N3O2.ClH/c21-16-9-14(13-3-1-2-4-15(13)20-16)17(22)19-12-7-10-5-6-11(8-12)18-10;/h1-4,10-12,14,18H,5-9H2,(H,19,22)(H,20,21);1H. The van der Waals surface area contributed by atoms with E-state index in [1.807, 2.05) is 24.3 Å². The summed E-state index contributed by atoms with van der Waals surface area (Å²) < 4.78 is 0. The Kier molecular flexibility index (Phi) is 4.60. The van der Waals surface area contributed by atoms with E-state index in [1.54, 1.807) is 0 Å². The molecular weight excluding hydrogens is 314 g/mol. The van der Waals surface area contributed by atoms with Gasteiger partial charge in [-0.2, -0.15) is 0 Å². The van der Waals surface area contributed by atoms with Crippen LogP contribution in [0.25, 0.3) is 0 Å². The summed E-state index contributed by atoms with van der Waals surface area (Å²) in [4.78, 5) is 24.5. The molecule has 124 valence electrons. The third-order valence-corrected chi connectivity index (χ3v) is 5.14. The molecule has 0 aliphatic carbocycles. The first kappa shape index (κ1) is 16.3. The molecule has 3 atom stereocenters. The van der Waals surface area contributed by atoms with Crippen molar-refractivity contribution in [1.82, 2.24) is 10.6 Å². The smallest absolute Gasteiger partial charge is 0.228 e. The van der Waals surface area contributed by atoms with Gasteiger partial charge < -0.3 is 16.0 Å². The van der Waals surface area contributed by atoms with Crippen molar-refractivity contribution in [2.24, 2.45) is 0 Å². The Morgan fingerprint density at radius 1 is 1.13 bits per heavy atom. The topological polar surface area (TPSA) is 70.2 Å². The SMILES string of the molecule is Cl.O=C1CC(C(=O)NC2CC3CCC(C2)N3)c2ccccc2N1. The van der Waals surface area contributed by atoms with Crippen molar-refractivity contribution in [3.8, 4) is 0 Å². The van der Waals surface area contributed by atoms with Gasteiger partial charge in [0.15, 0.2) is 0 Å². The van der Waals surface area contributed by atoms with Gasteiger partial charge in [-0.05, 0) is 37.3 Å². The van der Waals surface area contributed by atoms with Crippen LogP contribution < -0.4 is 16.0 Å². The number of fused-ring (bicyclic) bond motifs is 3. The van der Waals surface area contributed by atoms with Crippen molar-refractivity contribution in [2.45, 2.75) is 56.1 Å². The normalized spacial score (nSPS) is 31.6. The van der Waals surface area contributed by atoms with Gasteiger partial charge in [0.05, 0.1) is 5.92 Å². The highest BCUT2D eigenvalue weighted by atomic mass is 35.5. The van der Waals surface area contributed by atoms with E-state index in [2.05, 4.69) is 16.0 Å². The van der Waals surface area contributed by atoms with Crippen LogP contribution in [-0.2, 0) is 9.59 Å². The van der Waals surface area contributed by atoms with Crippen LogP contribution in [0.5, 0.6) is 0 Å². The summed E-state index contributed by atoms with van der Waals surface area (Å²) >= 11 is 0. The maximum Gasteiger partial charge on any atom is 0.228 e. The number of amides is 2. The molecule has 3 heterocycles. The number of anilines is 1. The molecule has 1 aromatic rings. The van der Waals surface area contributed by atoms with Gasteiger partial charge in [0, 0.05) is 30.2 Å². The Morgan fingerprint density at radius 2 is 1.83 bits per heavy atom. The van der Waals surface area contributed by atoms with E-state index >= 15 is 0 Å². The number of hydrogen-bond acceptors (Lipinski definition) is 3. The van der Waals surface area contributed by atoms with Crippen LogP contribution in [0.1, 0.15) is 43.6 Å². The monoisotopic (exact) mass is 335 g/mol. The number of para-hydroxylation sites is 1. The minimum Gasteiger partial charge on any atom is -0.353 e. The lowest BCUT2D eigenvalue weighted by atomic mass is 9.89. The van der Waals surface area contributed by atoms with Gasteiger partial charge in [-0.3, -0.25) is 9.59 Å². The second kappa shape index (κ2) is 6.49. The average Bonchev–Trinajstić information content (AvgIpc) is 2.85. The summed E-state index contributed by atoms with van der Waals surface area (Å²) in [6.45, 7) is 0. The highest BCUT2D eigenvalue weighted by Gasteiger charge is 2.36. The maximum absolute atomic E-state index is 12.7. The second-order valence-corrected chi connectivity index (χ2v) is 6.71. The fourth-order valence-corrected chi connectivity index (χ4v) is 4.12. The van der Waals surface area contributed by atoms with Crippen LogP contribution in [0, 0.1) is 0 Å². The van der Waals surface area contributed by atoms with Crippen molar-refractivity contribution in [1.29, 1.82) is 0 Å². The molecule has 2 bridgehead atoms. The van der Waals surface area contributed by atoms with Crippen molar-refractivity contribution < 1.29 is 9.59 Å². The quantitative estimate of drug-likeness (QED) is 0.773. The second-order valence-electron chi connectivity index (χ2n) is 6.71. The van der Waals surface area contributed by atoms with Crippen LogP contribution in [0.3, 0.4) is 0 Å². The van der Waals surface area contributed by atoms with E-state index in [0.717, 1.165) is 24.1 Å². The number of rotatable bonds is 2. The van der Waals surface area contributed by atoms with Crippen LogP contribution in [0.15, 0.2) is 24.3 Å². The van der Waals surface area contributed by atoms with Crippen molar-refractivity contribution in [2.75, 3.05) is 5.32 Å². The van der Waals surface area contributed by atoms with Crippen LogP contribution in [0.2, 0.25) is 0 Å². The first-order chi connectivity index (χ1) is 10.7. The van der Waals surface area contributed by atoms with Crippen molar-refractivity contribution in [3.63, 3.8) is 0 Å². The van der Waals surface area contributed by atoms with Gasteiger partial charge in [0.2, 0.25) is 11.8 Å². The van der Waals surface area contributed by atoms with E-state index in [1.165, 1.54) is 12.8 Å². The molecule has 23 heavy (non-hydrogen) atoms. The molecule has 2 amide bonds. The molecule has 3 aliphatic heterocycles. The van der Waals surface area contributed by atoms with E-state index in [0.29, 0.717) is 12.1 Å². The van der Waals surface area contributed by atoms with E-state index < -0.39 is 0 Å². The molecule has 2 fully saturated rings. The fourth-order valence-electron chi connectivity index (χ4n) is 4.12. The fraction of sp³-hybridized carbons (Fsp3) is 0.529. The maximum atomic E-state index is 12.7. The van der Waals surface area contributed by atoms with Crippen molar-refractivity contribution in [3.05, 3.63) is 29.8 Å². The number of halogens is 1. The summed E-state index contributed by atoms with van der Waals surface area (Å²) in [6, 6.07) is 8.92. The molecule has 4 rings (SSSR count). The zero-order valence-corrected chi connectivity index (χ0v) is 13.7. The van der Waals surface area contributed by atoms with Crippen molar-refractivity contribution >= 4 is 29.9 Å². The largest absolute Gasteiger partial charge is 0.353 e.